The first-order valence-electron chi connectivity index (χ1n) is 10.7. The number of piperazine rings is 1. The van der Waals surface area contributed by atoms with Crippen LogP contribution in [0, 0.1) is 0 Å². The van der Waals surface area contributed by atoms with Gasteiger partial charge in [-0.25, -0.2) is 19.7 Å². The molecular weight excluding hydrogens is 556 g/mol. The molecule has 0 spiro atoms. The lowest BCUT2D eigenvalue weighted by molar-refractivity contribution is -0.192. The zero-order valence-corrected chi connectivity index (χ0v) is 21.4. The highest BCUT2D eigenvalue weighted by atomic mass is 35.5. The Bertz CT molecular complexity index is 1220. The molecule has 2 aromatic heterocycles. The molecule has 1 amide bonds. The lowest BCUT2D eigenvalue weighted by Gasteiger charge is -2.34. The van der Waals surface area contributed by atoms with E-state index >= 15 is 0 Å². The number of anilines is 2. The monoisotopic (exact) mass is 576 g/mol. The van der Waals surface area contributed by atoms with Crippen LogP contribution in [0.25, 0.3) is 0 Å². The predicted molar refractivity (Wildman–Crippen MR) is 134 cm³/mol. The number of hydrogen-bond donors (Lipinski definition) is 2. The van der Waals surface area contributed by atoms with Gasteiger partial charge in [-0.3, -0.25) is 9.69 Å². The molecule has 3 aromatic rings. The average molecular weight is 577 g/mol. The number of benzene rings is 1. The van der Waals surface area contributed by atoms with Crippen molar-refractivity contribution in [3.63, 3.8) is 0 Å². The van der Waals surface area contributed by atoms with Crippen molar-refractivity contribution in [1.29, 1.82) is 0 Å². The van der Waals surface area contributed by atoms with Crippen LogP contribution in [0.5, 0.6) is 0 Å². The summed E-state index contributed by atoms with van der Waals surface area (Å²) in [6.45, 7) is 3.42. The number of halogens is 5. The molecule has 1 saturated heterocycles. The maximum Gasteiger partial charge on any atom is 0.490 e. The van der Waals surface area contributed by atoms with Crippen molar-refractivity contribution in [3.8, 4) is 0 Å². The van der Waals surface area contributed by atoms with E-state index in [4.69, 9.17) is 33.1 Å². The molecule has 1 aromatic carbocycles. The van der Waals surface area contributed by atoms with Crippen LogP contribution < -0.4 is 10.2 Å². The first-order valence-corrected chi connectivity index (χ1v) is 12.3. The summed E-state index contributed by atoms with van der Waals surface area (Å²) >= 11 is 13.6. The molecule has 9 nitrogen and oxygen atoms in total. The maximum absolute atomic E-state index is 12.4. The first-order chi connectivity index (χ1) is 17.5. The van der Waals surface area contributed by atoms with Crippen LogP contribution in [-0.4, -0.2) is 75.7 Å². The van der Waals surface area contributed by atoms with Crippen molar-refractivity contribution in [2.75, 3.05) is 42.9 Å². The van der Waals surface area contributed by atoms with Crippen molar-refractivity contribution in [2.24, 2.45) is 0 Å². The minimum absolute atomic E-state index is 0.0628. The molecule has 15 heteroatoms. The van der Waals surface area contributed by atoms with E-state index in [0.29, 0.717) is 18.1 Å². The summed E-state index contributed by atoms with van der Waals surface area (Å²) in [5.41, 5.74) is 1.04. The number of rotatable bonds is 6. The van der Waals surface area contributed by atoms with Crippen LogP contribution in [-0.2, 0) is 16.0 Å². The van der Waals surface area contributed by atoms with Gasteiger partial charge in [-0.2, -0.15) is 13.2 Å². The highest BCUT2D eigenvalue weighted by Crippen LogP contribution is 2.24. The number of carboxylic acid groups (broad SMARTS) is 1. The Morgan fingerprint density at radius 3 is 2.38 bits per heavy atom. The van der Waals surface area contributed by atoms with Crippen LogP contribution in [0.3, 0.4) is 0 Å². The Balaban J connectivity index is 0.000000479. The van der Waals surface area contributed by atoms with Crippen molar-refractivity contribution in [1.82, 2.24) is 19.9 Å². The van der Waals surface area contributed by atoms with Gasteiger partial charge in [0.1, 0.15) is 5.82 Å². The van der Waals surface area contributed by atoms with E-state index in [2.05, 4.69) is 30.1 Å². The van der Waals surface area contributed by atoms with E-state index in [1.807, 2.05) is 30.3 Å². The van der Waals surface area contributed by atoms with Crippen LogP contribution in [0.4, 0.5) is 24.1 Å². The summed E-state index contributed by atoms with van der Waals surface area (Å²) in [7, 11) is 0. The summed E-state index contributed by atoms with van der Waals surface area (Å²) in [5, 5.41) is 11.6. The van der Waals surface area contributed by atoms with Gasteiger partial charge in [-0.1, -0.05) is 29.8 Å². The van der Waals surface area contributed by atoms with Gasteiger partial charge in [0.2, 0.25) is 11.2 Å². The molecule has 0 saturated carbocycles. The molecule has 0 bridgehead atoms. The minimum atomic E-state index is -5.08. The van der Waals surface area contributed by atoms with Gasteiger partial charge < -0.3 is 15.3 Å². The molecule has 0 radical (unpaired) electrons. The van der Waals surface area contributed by atoms with Gasteiger partial charge >= 0.3 is 12.1 Å². The number of nitrogens with zero attached hydrogens (tertiary/aromatic N) is 5. The number of carbonyl (C=O) groups excluding carboxylic acids is 1. The third-order valence-corrected chi connectivity index (χ3v) is 6.50. The van der Waals surface area contributed by atoms with Crippen molar-refractivity contribution in [2.45, 2.75) is 12.6 Å². The number of alkyl halides is 3. The highest BCUT2D eigenvalue weighted by Gasteiger charge is 2.38. The van der Waals surface area contributed by atoms with Gasteiger partial charge in [0.25, 0.3) is 0 Å². The zero-order chi connectivity index (χ0) is 27.0. The Hall–Kier alpha value is -3.00. The first kappa shape index (κ1) is 28.6. The SMILES string of the molecule is O=C(CN1CCN(c2ccnc(Cl)n2)CC1)Nc1ncc(Cc2ccccc2Cl)s1.O=C(O)C(F)(F)F. The van der Waals surface area contributed by atoms with Gasteiger partial charge in [0.05, 0.1) is 6.54 Å². The third kappa shape index (κ3) is 9.11. The largest absolute Gasteiger partial charge is 0.490 e. The molecule has 2 N–H and O–H groups in total. The molecule has 1 fully saturated rings. The summed E-state index contributed by atoms with van der Waals surface area (Å²) in [4.78, 5) is 39.1. The second kappa shape index (κ2) is 13.0. The smallest absolute Gasteiger partial charge is 0.475 e. The molecule has 0 atom stereocenters. The summed E-state index contributed by atoms with van der Waals surface area (Å²) < 4.78 is 31.7. The lowest BCUT2D eigenvalue weighted by atomic mass is 10.1. The van der Waals surface area contributed by atoms with Crippen LogP contribution in [0.15, 0.2) is 42.7 Å². The lowest BCUT2D eigenvalue weighted by Crippen LogP contribution is -2.48. The molecule has 3 heterocycles. The highest BCUT2D eigenvalue weighted by molar-refractivity contribution is 7.15. The van der Waals surface area contributed by atoms with E-state index < -0.39 is 12.1 Å². The van der Waals surface area contributed by atoms with Gasteiger partial charge in [-0.05, 0) is 29.3 Å². The van der Waals surface area contributed by atoms with Gasteiger partial charge in [0.15, 0.2) is 5.13 Å². The normalized spacial score (nSPS) is 14.0. The molecule has 1 aliphatic heterocycles. The average Bonchev–Trinajstić information content (AvgIpc) is 3.27. The molecule has 0 unspecified atom stereocenters. The fourth-order valence-electron chi connectivity index (χ4n) is 3.28. The summed E-state index contributed by atoms with van der Waals surface area (Å²) in [6, 6.07) is 9.59. The van der Waals surface area contributed by atoms with Gasteiger partial charge in [0, 0.05) is 54.9 Å². The Morgan fingerprint density at radius 2 is 1.76 bits per heavy atom. The Labute approximate surface area is 223 Å². The molecule has 37 heavy (non-hydrogen) atoms. The predicted octanol–water partition coefficient (Wildman–Crippen LogP) is 4.22. The van der Waals surface area contributed by atoms with Crippen molar-refractivity contribution >= 4 is 57.4 Å². The molecule has 0 aliphatic carbocycles. The zero-order valence-electron chi connectivity index (χ0n) is 19.1. The minimum Gasteiger partial charge on any atom is -0.475 e. The molecule has 4 rings (SSSR count). The van der Waals surface area contributed by atoms with E-state index in [0.717, 1.165) is 47.5 Å². The van der Waals surface area contributed by atoms with Crippen LogP contribution >= 0.6 is 34.5 Å². The number of carbonyl (C=O) groups is 2. The second-order valence-electron chi connectivity index (χ2n) is 7.70. The number of thiazole rings is 1. The number of carboxylic acids is 1. The van der Waals surface area contributed by atoms with Crippen LogP contribution in [0.1, 0.15) is 10.4 Å². The van der Waals surface area contributed by atoms with E-state index in [1.165, 1.54) is 11.3 Å². The van der Waals surface area contributed by atoms with Gasteiger partial charge in [-0.15, -0.1) is 11.3 Å². The second-order valence-corrected chi connectivity index (χ2v) is 9.56. The Kier molecular flexibility index (Phi) is 10.0. The standard InChI is InChI=1S/C20H20Cl2N6OS.C2HF3O2/c21-16-4-2-1-3-14(16)11-15-12-24-20(30-15)26-18(29)13-27-7-9-28(10-8-27)17-5-6-23-19(22)25-17;3-2(4,5)1(6)7/h1-6,12H,7-11,13H2,(H,24,26,29);(H,6,7). The number of aliphatic carboxylic acids is 1. The van der Waals surface area contributed by atoms with Crippen LogP contribution in [0.2, 0.25) is 10.3 Å². The third-order valence-electron chi connectivity index (χ3n) is 5.04. The topological polar surface area (TPSA) is 112 Å². The summed E-state index contributed by atoms with van der Waals surface area (Å²) in [5.74, 6) is -2.01. The number of nitrogens with one attached hydrogen (secondary N) is 1. The molecule has 1 aliphatic rings. The summed E-state index contributed by atoms with van der Waals surface area (Å²) in [6.07, 6.45) is -0.948. The number of hydrogen-bond acceptors (Lipinski definition) is 8. The number of aromatic nitrogens is 3. The van der Waals surface area contributed by atoms with Crippen molar-refractivity contribution in [3.05, 3.63) is 63.5 Å². The van der Waals surface area contributed by atoms with Crippen molar-refractivity contribution < 1.29 is 27.9 Å². The fourth-order valence-corrected chi connectivity index (χ4v) is 4.47. The fraction of sp³-hybridized carbons (Fsp3) is 0.318. The van der Waals surface area contributed by atoms with E-state index in [9.17, 15) is 18.0 Å². The quantitative estimate of drug-likeness (QED) is 0.419. The number of amides is 1. The molecular formula is C22H21Cl2F3N6O3S. The van der Waals surface area contributed by atoms with E-state index in [1.54, 1.807) is 12.4 Å². The molecule has 198 valence electrons. The van der Waals surface area contributed by atoms with E-state index in [-0.39, 0.29) is 11.2 Å². The Morgan fingerprint density at radius 1 is 1.08 bits per heavy atom. The maximum atomic E-state index is 12.4.